The molecule has 0 aromatic heterocycles. The first-order valence-corrected chi connectivity index (χ1v) is 8.60. The fourth-order valence-corrected chi connectivity index (χ4v) is 3.27. The normalized spacial score (nSPS) is 24.2. The van der Waals surface area contributed by atoms with Crippen molar-refractivity contribution >= 4 is 12.1 Å². The molecule has 2 aliphatic rings. The Labute approximate surface area is 142 Å². The maximum atomic E-state index is 12.6. The second-order valence-corrected chi connectivity index (χ2v) is 6.26. The van der Waals surface area contributed by atoms with Crippen LogP contribution in [0.15, 0.2) is 42.5 Å². The summed E-state index contributed by atoms with van der Waals surface area (Å²) in [6, 6.07) is 9.49. The first-order chi connectivity index (χ1) is 11.7. The maximum Gasteiger partial charge on any atom is 0.410 e. The SMILES string of the molecule is O=C1C=CC(C2CCCCCCN2C(=O)OCc2ccccc2)O1. The van der Waals surface area contributed by atoms with Crippen molar-refractivity contribution in [3.8, 4) is 0 Å². The van der Waals surface area contributed by atoms with Gasteiger partial charge in [-0.3, -0.25) is 0 Å². The molecule has 0 saturated carbocycles. The molecule has 0 aliphatic carbocycles. The molecule has 1 aromatic rings. The van der Waals surface area contributed by atoms with Crippen LogP contribution in [0.3, 0.4) is 0 Å². The molecule has 1 aromatic carbocycles. The van der Waals surface area contributed by atoms with E-state index < -0.39 is 0 Å². The number of esters is 1. The van der Waals surface area contributed by atoms with E-state index in [9.17, 15) is 9.59 Å². The first kappa shape index (κ1) is 16.6. The zero-order valence-electron chi connectivity index (χ0n) is 13.7. The van der Waals surface area contributed by atoms with Gasteiger partial charge in [0.25, 0.3) is 0 Å². The highest BCUT2D eigenvalue weighted by molar-refractivity contribution is 5.84. The summed E-state index contributed by atoms with van der Waals surface area (Å²) in [4.78, 5) is 25.8. The van der Waals surface area contributed by atoms with E-state index in [1.807, 2.05) is 30.3 Å². The average molecular weight is 329 g/mol. The number of likely N-dealkylation sites (tertiary alicyclic amines) is 1. The number of hydrogen-bond acceptors (Lipinski definition) is 4. The molecule has 5 nitrogen and oxygen atoms in total. The van der Waals surface area contributed by atoms with Crippen molar-refractivity contribution in [3.63, 3.8) is 0 Å². The second kappa shape index (κ2) is 7.99. The summed E-state index contributed by atoms with van der Waals surface area (Å²) in [6.45, 7) is 0.892. The average Bonchev–Trinajstić information content (AvgIpc) is 3.00. The molecule has 2 heterocycles. The van der Waals surface area contributed by atoms with Crippen LogP contribution in [0.4, 0.5) is 4.79 Å². The van der Waals surface area contributed by atoms with Crippen molar-refractivity contribution in [1.82, 2.24) is 4.90 Å². The fourth-order valence-electron chi connectivity index (χ4n) is 3.27. The van der Waals surface area contributed by atoms with Gasteiger partial charge in [0.05, 0.1) is 6.04 Å². The zero-order valence-corrected chi connectivity index (χ0v) is 13.7. The number of cyclic esters (lactones) is 1. The summed E-state index contributed by atoms with van der Waals surface area (Å²) < 4.78 is 10.8. The summed E-state index contributed by atoms with van der Waals surface area (Å²) in [6.07, 6.45) is 7.55. The third-order valence-corrected chi connectivity index (χ3v) is 4.54. The molecule has 2 aliphatic heterocycles. The van der Waals surface area contributed by atoms with Crippen molar-refractivity contribution in [2.45, 2.75) is 50.9 Å². The Balaban J connectivity index is 1.66. The molecule has 0 radical (unpaired) electrons. The van der Waals surface area contributed by atoms with Crippen LogP contribution >= 0.6 is 0 Å². The van der Waals surface area contributed by atoms with Gasteiger partial charge < -0.3 is 14.4 Å². The first-order valence-electron chi connectivity index (χ1n) is 8.60. The third kappa shape index (κ3) is 4.16. The van der Waals surface area contributed by atoms with Crippen LogP contribution in [-0.4, -0.2) is 35.7 Å². The lowest BCUT2D eigenvalue weighted by molar-refractivity contribution is -0.141. The summed E-state index contributed by atoms with van der Waals surface area (Å²) in [5.74, 6) is -0.334. The Kier molecular flexibility index (Phi) is 5.51. The molecule has 1 fully saturated rings. The summed E-state index contributed by atoms with van der Waals surface area (Å²) in [5, 5.41) is 0. The number of carbonyl (C=O) groups excluding carboxylic acids is 2. The molecule has 2 unspecified atom stereocenters. The Morgan fingerprint density at radius 3 is 2.71 bits per heavy atom. The van der Waals surface area contributed by atoms with Crippen LogP contribution in [0.2, 0.25) is 0 Å². The van der Waals surface area contributed by atoms with Crippen molar-refractivity contribution in [2.24, 2.45) is 0 Å². The number of nitrogens with zero attached hydrogens (tertiary/aromatic N) is 1. The van der Waals surface area contributed by atoms with Gasteiger partial charge in [0.15, 0.2) is 0 Å². The van der Waals surface area contributed by atoms with E-state index in [4.69, 9.17) is 9.47 Å². The highest BCUT2D eigenvalue weighted by Crippen LogP contribution is 2.24. The molecular weight excluding hydrogens is 306 g/mol. The van der Waals surface area contributed by atoms with Crippen LogP contribution in [-0.2, 0) is 20.9 Å². The second-order valence-electron chi connectivity index (χ2n) is 6.26. The summed E-state index contributed by atoms with van der Waals surface area (Å²) >= 11 is 0. The summed E-state index contributed by atoms with van der Waals surface area (Å²) in [7, 11) is 0. The van der Waals surface area contributed by atoms with Gasteiger partial charge in [0, 0.05) is 12.6 Å². The number of carbonyl (C=O) groups is 2. The lowest BCUT2D eigenvalue weighted by Crippen LogP contribution is -2.48. The van der Waals surface area contributed by atoms with Gasteiger partial charge in [-0.2, -0.15) is 0 Å². The molecule has 24 heavy (non-hydrogen) atoms. The minimum Gasteiger partial charge on any atom is -0.453 e. The number of amides is 1. The fraction of sp³-hybridized carbons (Fsp3) is 0.474. The smallest absolute Gasteiger partial charge is 0.410 e. The Morgan fingerprint density at radius 2 is 1.96 bits per heavy atom. The zero-order chi connectivity index (χ0) is 16.8. The topological polar surface area (TPSA) is 55.8 Å². The van der Waals surface area contributed by atoms with E-state index in [0.717, 1.165) is 37.7 Å². The molecule has 0 N–H and O–H groups in total. The molecule has 0 bridgehead atoms. The molecule has 128 valence electrons. The monoisotopic (exact) mass is 329 g/mol. The van der Waals surface area contributed by atoms with E-state index in [1.165, 1.54) is 6.08 Å². The molecule has 0 spiro atoms. The van der Waals surface area contributed by atoms with Crippen molar-refractivity contribution in [3.05, 3.63) is 48.0 Å². The van der Waals surface area contributed by atoms with Crippen LogP contribution < -0.4 is 0 Å². The Morgan fingerprint density at radius 1 is 1.17 bits per heavy atom. The van der Waals surface area contributed by atoms with Crippen molar-refractivity contribution < 1.29 is 19.1 Å². The van der Waals surface area contributed by atoms with Crippen molar-refractivity contribution in [2.75, 3.05) is 6.54 Å². The maximum absolute atomic E-state index is 12.6. The molecule has 1 amide bonds. The number of hydrogen-bond donors (Lipinski definition) is 0. The van der Waals surface area contributed by atoms with Gasteiger partial charge in [0.1, 0.15) is 12.7 Å². The lowest BCUT2D eigenvalue weighted by Gasteiger charge is -2.35. The van der Waals surface area contributed by atoms with Gasteiger partial charge >= 0.3 is 12.1 Å². The van der Waals surface area contributed by atoms with Gasteiger partial charge in [0.2, 0.25) is 0 Å². The predicted octanol–water partition coefficient (Wildman–Crippen LogP) is 3.44. The van der Waals surface area contributed by atoms with Crippen LogP contribution in [0.25, 0.3) is 0 Å². The lowest BCUT2D eigenvalue weighted by atomic mass is 9.98. The highest BCUT2D eigenvalue weighted by atomic mass is 16.6. The molecule has 2 atom stereocenters. The van der Waals surface area contributed by atoms with E-state index in [1.54, 1.807) is 11.0 Å². The largest absolute Gasteiger partial charge is 0.453 e. The molecule has 3 rings (SSSR count). The van der Waals surface area contributed by atoms with Crippen LogP contribution in [0.5, 0.6) is 0 Å². The highest BCUT2D eigenvalue weighted by Gasteiger charge is 2.35. The Hall–Kier alpha value is -2.30. The van der Waals surface area contributed by atoms with E-state index in [0.29, 0.717) is 6.54 Å². The number of benzene rings is 1. The Bertz CT molecular complexity index is 599. The quantitative estimate of drug-likeness (QED) is 0.797. The number of rotatable bonds is 3. The minimum absolute atomic E-state index is 0.142. The van der Waals surface area contributed by atoms with Gasteiger partial charge in [-0.15, -0.1) is 0 Å². The summed E-state index contributed by atoms with van der Waals surface area (Å²) in [5.41, 5.74) is 0.960. The van der Waals surface area contributed by atoms with Crippen molar-refractivity contribution in [1.29, 1.82) is 0 Å². The molecule has 1 saturated heterocycles. The number of ether oxygens (including phenoxy) is 2. The third-order valence-electron chi connectivity index (χ3n) is 4.54. The van der Waals surface area contributed by atoms with E-state index in [-0.39, 0.29) is 30.8 Å². The predicted molar refractivity (Wildman–Crippen MR) is 89.2 cm³/mol. The van der Waals surface area contributed by atoms with E-state index >= 15 is 0 Å². The molecular formula is C19H23NO4. The molecule has 5 heteroatoms. The van der Waals surface area contributed by atoms with Gasteiger partial charge in [-0.1, -0.05) is 49.6 Å². The van der Waals surface area contributed by atoms with E-state index in [2.05, 4.69) is 0 Å². The minimum atomic E-state index is -0.361. The van der Waals surface area contributed by atoms with Crippen LogP contribution in [0, 0.1) is 0 Å². The van der Waals surface area contributed by atoms with Gasteiger partial charge in [-0.25, -0.2) is 9.59 Å². The standard InChI is InChI=1S/C19H23NO4/c21-18-12-11-17(24-18)16-10-6-1-2-7-13-20(16)19(22)23-14-15-8-4-3-5-9-15/h3-5,8-9,11-12,16-17H,1-2,6-7,10,13-14H2. The van der Waals surface area contributed by atoms with Crippen LogP contribution in [0.1, 0.15) is 37.7 Å². The van der Waals surface area contributed by atoms with Gasteiger partial charge in [-0.05, 0) is 24.5 Å².